The van der Waals surface area contributed by atoms with Crippen molar-refractivity contribution in [3.8, 4) is 11.5 Å². The van der Waals surface area contributed by atoms with E-state index in [0.717, 1.165) is 12.1 Å². The lowest BCUT2D eigenvalue weighted by Crippen LogP contribution is -2.15. The van der Waals surface area contributed by atoms with Gasteiger partial charge in [0.1, 0.15) is 23.1 Å². The van der Waals surface area contributed by atoms with Crippen LogP contribution in [-0.2, 0) is 0 Å². The lowest BCUT2D eigenvalue weighted by atomic mass is 10.2. The molecule has 0 aliphatic heterocycles. The van der Waals surface area contributed by atoms with E-state index in [9.17, 15) is 13.6 Å². The fourth-order valence-corrected chi connectivity index (χ4v) is 2.10. The lowest BCUT2D eigenvalue weighted by molar-refractivity contribution is 0.102. The topological polar surface area (TPSA) is 55.1 Å². The molecule has 1 heterocycles. The summed E-state index contributed by atoms with van der Waals surface area (Å²) in [7, 11) is 0. The number of rotatable bonds is 3. The van der Waals surface area contributed by atoms with Gasteiger partial charge >= 0.3 is 0 Å². The summed E-state index contributed by atoms with van der Waals surface area (Å²) in [5.41, 5.74) is 0.166. The van der Waals surface area contributed by atoms with Crippen LogP contribution in [-0.4, -0.2) is 10.9 Å². The summed E-state index contributed by atoms with van der Waals surface area (Å²) in [5.74, 6) is -1.93. The van der Waals surface area contributed by atoms with E-state index in [4.69, 9.17) is 4.42 Å². The molecule has 0 fully saturated rings. The van der Waals surface area contributed by atoms with Crippen molar-refractivity contribution in [2.45, 2.75) is 6.92 Å². The Morgan fingerprint density at radius 1 is 1.04 bits per heavy atom. The van der Waals surface area contributed by atoms with Gasteiger partial charge in [0.15, 0.2) is 5.69 Å². The molecule has 2 aromatic carbocycles. The Morgan fingerprint density at radius 3 is 2.35 bits per heavy atom. The Balaban J connectivity index is 1.90. The molecule has 3 rings (SSSR count). The molecule has 1 N–H and O–H groups in total. The Hall–Kier alpha value is -3.02. The first-order chi connectivity index (χ1) is 11.1. The van der Waals surface area contributed by atoms with Gasteiger partial charge in [-0.3, -0.25) is 4.79 Å². The summed E-state index contributed by atoms with van der Waals surface area (Å²) in [6.45, 7) is 1.56. The maximum absolute atomic E-state index is 13.6. The van der Waals surface area contributed by atoms with E-state index in [0.29, 0.717) is 5.56 Å². The maximum atomic E-state index is 13.6. The third-order valence-electron chi connectivity index (χ3n) is 3.23. The smallest absolute Gasteiger partial charge is 0.278 e. The molecule has 0 atom stereocenters. The molecule has 0 bridgehead atoms. The first kappa shape index (κ1) is 14.9. The lowest BCUT2D eigenvalue weighted by Gasteiger charge is -2.05. The number of carbonyl (C=O) groups excluding carboxylic acids is 1. The molecular weight excluding hydrogens is 302 g/mol. The minimum atomic E-state index is -0.859. The Morgan fingerprint density at radius 2 is 1.70 bits per heavy atom. The molecule has 0 spiro atoms. The predicted octanol–water partition coefficient (Wildman–Crippen LogP) is 4.18. The van der Waals surface area contributed by atoms with E-state index >= 15 is 0 Å². The molecule has 0 aliphatic carbocycles. The first-order valence-electron chi connectivity index (χ1n) is 6.84. The minimum Gasteiger partial charge on any atom is -0.441 e. The third kappa shape index (κ3) is 2.96. The second-order valence-corrected chi connectivity index (χ2v) is 4.84. The van der Waals surface area contributed by atoms with Crippen molar-refractivity contribution in [1.82, 2.24) is 4.98 Å². The van der Waals surface area contributed by atoms with Crippen molar-refractivity contribution in [1.29, 1.82) is 0 Å². The van der Waals surface area contributed by atoms with Gasteiger partial charge in [-0.1, -0.05) is 24.3 Å². The largest absolute Gasteiger partial charge is 0.441 e. The average Bonchev–Trinajstić information content (AvgIpc) is 2.94. The Kier molecular flexibility index (Phi) is 3.89. The van der Waals surface area contributed by atoms with Crippen molar-refractivity contribution in [3.63, 3.8) is 0 Å². The molecule has 1 aromatic heterocycles. The van der Waals surface area contributed by atoms with Crippen LogP contribution in [0.1, 0.15) is 16.2 Å². The monoisotopic (exact) mass is 314 g/mol. The van der Waals surface area contributed by atoms with Crippen LogP contribution >= 0.6 is 0 Å². The van der Waals surface area contributed by atoms with Crippen LogP contribution in [0.25, 0.3) is 11.5 Å². The van der Waals surface area contributed by atoms with Crippen LogP contribution in [0.2, 0.25) is 0 Å². The maximum Gasteiger partial charge on any atom is 0.278 e. The van der Waals surface area contributed by atoms with Crippen LogP contribution in [0.5, 0.6) is 0 Å². The third-order valence-corrected chi connectivity index (χ3v) is 3.23. The number of hydrogen-bond donors (Lipinski definition) is 1. The highest BCUT2D eigenvalue weighted by Gasteiger charge is 2.20. The van der Waals surface area contributed by atoms with Gasteiger partial charge < -0.3 is 9.73 Å². The zero-order valence-electron chi connectivity index (χ0n) is 12.1. The fraction of sp³-hybridized carbons (Fsp3) is 0.0588. The fourth-order valence-electron chi connectivity index (χ4n) is 2.10. The van der Waals surface area contributed by atoms with Gasteiger partial charge in [0.2, 0.25) is 5.89 Å². The number of benzene rings is 2. The average molecular weight is 314 g/mol. The van der Waals surface area contributed by atoms with Gasteiger partial charge in [-0.2, -0.15) is 0 Å². The minimum absolute atomic E-state index is 0.0218. The number of nitrogens with zero attached hydrogens (tertiary/aromatic N) is 1. The van der Waals surface area contributed by atoms with Crippen molar-refractivity contribution in [2.24, 2.45) is 0 Å². The zero-order valence-corrected chi connectivity index (χ0v) is 12.1. The number of para-hydroxylation sites is 1. The van der Waals surface area contributed by atoms with Crippen molar-refractivity contribution in [2.75, 3.05) is 5.32 Å². The van der Waals surface area contributed by atoms with Crippen molar-refractivity contribution in [3.05, 3.63) is 71.6 Å². The number of amides is 1. The number of aromatic nitrogens is 1. The Labute approximate surface area is 130 Å². The van der Waals surface area contributed by atoms with Crippen LogP contribution in [0.3, 0.4) is 0 Å². The summed E-state index contributed by atoms with van der Waals surface area (Å²) in [5, 5.41) is 2.19. The van der Waals surface area contributed by atoms with Crippen LogP contribution in [0, 0.1) is 18.6 Å². The number of carbonyl (C=O) groups is 1. The second-order valence-electron chi connectivity index (χ2n) is 4.84. The predicted molar refractivity (Wildman–Crippen MR) is 81.0 cm³/mol. The van der Waals surface area contributed by atoms with E-state index in [1.807, 2.05) is 18.2 Å². The summed E-state index contributed by atoms with van der Waals surface area (Å²) in [6.07, 6.45) is 0. The molecule has 0 saturated carbocycles. The van der Waals surface area contributed by atoms with Crippen LogP contribution < -0.4 is 5.32 Å². The molecule has 6 heteroatoms. The molecule has 0 unspecified atom stereocenters. The summed E-state index contributed by atoms with van der Waals surface area (Å²) < 4.78 is 32.7. The van der Waals surface area contributed by atoms with E-state index in [-0.39, 0.29) is 17.3 Å². The van der Waals surface area contributed by atoms with E-state index in [1.165, 1.54) is 6.07 Å². The molecule has 4 nitrogen and oxygen atoms in total. The number of nitrogens with one attached hydrogen (secondary N) is 1. The molecule has 0 saturated heterocycles. The summed E-state index contributed by atoms with van der Waals surface area (Å²) >= 11 is 0. The van der Waals surface area contributed by atoms with Crippen LogP contribution in [0.4, 0.5) is 14.5 Å². The number of aryl methyl sites for hydroxylation is 1. The SMILES string of the molecule is Cc1oc(-c2ccccc2)nc1C(=O)Nc1c(F)cccc1F. The number of halogens is 2. The van der Waals surface area contributed by atoms with Crippen molar-refractivity contribution >= 4 is 11.6 Å². The molecule has 3 aromatic rings. The first-order valence-corrected chi connectivity index (χ1v) is 6.84. The molecule has 0 aliphatic rings. The standard InChI is InChI=1S/C17H12F2N2O2/c1-10-14(21-17(23-10)11-6-3-2-4-7-11)16(22)20-15-12(18)8-5-9-13(15)19/h2-9H,1H3,(H,20,22). The highest BCUT2D eigenvalue weighted by atomic mass is 19.1. The zero-order chi connectivity index (χ0) is 16.4. The van der Waals surface area contributed by atoms with Crippen molar-refractivity contribution < 1.29 is 18.0 Å². The van der Waals surface area contributed by atoms with E-state index < -0.39 is 23.2 Å². The molecular formula is C17H12F2N2O2. The number of oxazole rings is 1. The highest BCUT2D eigenvalue weighted by Crippen LogP contribution is 2.23. The normalized spacial score (nSPS) is 10.6. The molecule has 1 amide bonds. The second kappa shape index (κ2) is 6.00. The van der Waals surface area contributed by atoms with E-state index in [2.05, 4.69) is 10.3 Å². The number of anilines is 1. The Bertz CT molecular complexity index is 840. The van der Waals surface area contributed by atoms with Gasteiger partial charge in [0, 0.05) is 5.56 Å². The van der Waals surface area contributed by atoms with Gasteiger partial charge in [-0.25, -0.2) is 13.8 Å². The van der Waals surface area contributed by atoms with Gasteiger partial charge in [-0.15, -0.1) is 0 Å². The van der Waals surface area contributed by atoms with Gasteiger partial charge in [0.25, 0.3) is 5.91 Å². The molecule has 23 heavy (non-hydrogen) atoms. The van der Waals surface area contributed by atoms with E-state index in [1.54, 1.807) is 19.1 Å². The van der Waals surface area contributed by atoms with Gasteiger partial charge in [-0.05, 0) is 31.2 Å². The summed E-state index contributed by atoms with van der Waals surface area (Å²) in [6, 6.07) is 12.4. The molecule has 0 radical (unpaired) electrons. The highest BCUT2D eigenvalue weighted by molar-refractivity contribution is 6.03. The van der Waals surface area contributed by atoms with Crippen LogP contribution in [0.15, 0.2) is 52.9 Å². The summed E-state index contributed by atoms with van der Waals surface area (Å²) in [4.78, 5) is 16.3. The molecule has 116 valence electrons. The van der Waals surface area contributed by atoms with Gasteiger partial charge in [0.05, 0.1) is 0 Å². The number of hydrogen-bond acceptors (Lipinski definition) is 3. The quantitative estimate of drug-likeness (QED) is 0.789.